The molecule has 23 heavy (non-hydrogen) atoms. The van der Waals surface area contributed by atoms with Gasteiger partial charge >= 0.3 is 0 Å². The zero-order chi connectivity index (χ0) is 16.1. The summed E-state index contributed by atoms with van der Waals surface area (Å²) >= 11 is 2.95. The van der Waals surface area contributed by atoms with Crippen molar-refractivity contribution in [3.63, 3.8) is 0 Å². The minimum absolute atomic E-state index is 0.0764. The molecular formula is C16H15N3O2S2. The van der Waals surface area contributed by atoms with E-state index in [2.05, 4.69) is 15.5 Å². The lowest BCUT2D eigenvalue weighted by molar-refractivity contribution is -0.115. The average Bonchev–Trinajstić information content (AvgIpc) is 3.20. The maximum Gasteiger partial charge on any atom is 0.231 e. The molecule has 0 aliphatic carbocycles. The molecule has 118 valence electrons. The second-order valence-electron chi connectivity index (χ2n) is 4.79. The largest absolute Gasteiger partial charge is 0.496 e. The topological polar surface area (TPSA) is 64.1 Å². The fourth-order valence-electron chi connectivity index (χ4n) is 2.12. The number of nitrogens with one attached hydrogen (secondary N) is 1. The fraction of sp³-hybridized carbons (Fsp3) is 0.188. The number of aromatic nitrogens is 2. The highest BCUT2D eigenvalue weighted by atomic mass is 32.1. The summed E-state index contributed by atoms with van der Waals surface area (Å²) in [7, 11) is 1.65. The van der Waals surface area contributed by atoms with Crippen LogP contribution in [0.25, 0.3) is 0 Å². The van der Waals surface area contributed by atoms with Gasteiger partial charge in [0.25, 0.3) is 0 Å². The number of thiophene rings is 1. The number of ether oxygens (including phenoxy) is 1. The summed E-state index contributed by atoms with van der Waals surface area (Å²) in [5, 5.41) is 14.3. The molecule has 0 unspecified atom stereocenters. The van der Waals surface area contributed by atoms with Gasteiger partial charge < -0.3 is 10.1 Å². The molecule has 0 aliphatic heterocycles. The van der Waals surface area contributed by atoms with E-state index >= 15 is 0 Å². The maximum atomic E-state index is 12.0. The van der Waals surface area contributed by atoms with Crippen molar-refractivity contribution >= 4 is 33.7 Å². The zero-order valence-electron chi connectivity index (χ0n) is 12.5. The fourth-order valence-corrected chi connectivity index (χ4v) is 3.60. The van der Waals surface area contributed by atoms with E-state index in [1.165, 1.54) is 11.3 Å². The molecule has 1 aromatic carbocycles. The number of carbonyl (C=O) groups excluding carboxylic acids is 1. The molecule has 0 saturated heterocycles. The van der Waals surface area contributed by atoms with Crippen LogP contribution in [0, 0.1) is 0 Å². The minimum Gasteiger partial charge on any atom is -0.496 e. The molecule has 0 radical (unpaired) electrons. The molecule has 2 aromatic heterocycles. The monoisotopic (exact) mass is 345 g/mol. The standard InChI is InChI=1S/C16H15N3O2S2/c1-21-13-7-3-2-5-11(13)9-15-18-19-16(23-15)17-14(20)10-12-6-4-8-22-12/h2-8H,9-10H2,1H3,(H,17,19,20). The van der Waals surface area contributed by atoms with E-state index in [-0.39, 0.29) is 5.91 Å². The minimum atomic E-state index is -0.0764. The van der Waals surface area contributed by atoms with Gasteiger partial charge in [0, 0.05) is 16.9 Å². The molecule has 0 saturated carbocycles. The molecule has 3 aromatic rings. The van der Waals surface area contributed by atoms with E-state index in [1.807, 2.05) is 41.8 Å². The molecular weight excluding hydrogens is 330 g/mol. The normalized spacial score (nSPS) is 10.5. The second kappa shape index (κ2) is 7.34. The van der Waals surface area contributed by atoms with Crippen molar-refractivity contribution in [3.05, 3.63) is 57.2 Å². The van der Waals surface area contributed by atoms with E-state index in [9.17, 15) is 4.79 Å². The molecule has 0 aliphatic rings. The van der Waals surface area contributed by atoms with Crippen LogP contribution >= 0.6 is 22.7 Å². The van der Waals surface area contributed by atoms with Gasteiger partial charge in [-0.1, -0.05) is 35.6 Å². The van der Waals surface area contributed by atoms with Gasteiger partial charge in [-0.2, -0.15) is 0 Å². The van der Waals surface area contributed by atoms with E-state index in [4.69, 9.17) is 4.74 Å². The van der Waals surface area contributed by atoms with Crippen molar-refractivity contribution in [3.8, 4) is 5.75 Å². The number of rotatable bonds is 6. The Morgan fingerprint density at radius 1 is 1.22 bits per heavy atom. The third-order valence-corrected chi connectivity index (χ3v) is 4.88. The number of benzene rings is 1. The number of methoxy groups -OCH3 is 1. The quantitative estimate of drug-likeness (QED) is 0.744. The Kier molecular flexibility index (Phi) is 4.99. The zero-order valence-corrected chi connectivity index (χ0v) is 14.1. The molecule has 7 heteroatoms. The predicted molar refractivity (Wildman–Crippen MR) is 92.4 cm³/mol. The van der Waals surface area contributed by atoms with Gasteiger partial charge in [0.2, 0.25) is 11.0 Å². The summed E-state index contributed by atoms with van der Waals surface area (Å²) < 4.78 is 5.34. The van der Waals surface area contributed by atoms with Crippen LogP contribution < -0.4 is 10.1 Å². The summed E-state index contributed by atoms with van der Waals surface area (Å²) in [5.74, 6) is 0.749. The van der Waals surface area contributed by atoms with Crippen LogP contribution in [-0.4, -0.2) is 23.2 Å². The first-order valence-electron chi connectivity index (χ1n) is 7.01. The van der Waals surface area contributed by atoms with Crippen LogP contribution in [0.5, 0.6) is 5.75 Å². The highest BCUT2D eigenvalue weighted by Crippen LogP contribution is 2.24. The van der Waals surface area contributed by atoms with Gasteiger partial charge in [-0.25, -0.2) is 0 Å². The van der Waals surface area contributed by atoms with E-state index in [1.54, 1.807) is 18.4 Å². The molecule has 3 rings (SSSR count). The molecule has 5 nitrogen and oxygen atoms in total. The van der Waals surface area contributed by atoms with Gasteiger partial charge in [0.15, 0.2) is 0 Å². The molecule has 0 spiro atoms. The Morgan fingerprint density at radius 3 is 2.87 bits per heavy atom. The van der Waals surface area contributed by atoms with Crippen LogP contribution in [0.1, 0.15) is 15.4 Å². The van der Waals surface area contributed by atoms with Gasteiger partial charge in [-0.15, -0.1) is 21.5 Å². The third-order valence-electron chi connectivity index (χ3n) is 3.16. The van der Waals surface area contributed by atoms with Gasteiger partial charge in [-0.3, -0.25) is 4.79 Å². The lowest BCUT2D eigenvalue weighted by atomic mass is 10.1. The number of para-hydroxylation sites is 1. The van der Waals surface area contributed by atoms with Crippen molar-refractivity contribution in [1.82, 2.24) is 10.2 Å². The van der Waals surface area contributed by atoms with Crippen molar-refractivity contribution in [2.75, 3.05) is 12.4 Å². The van der Waals surface area contributed by atoms with Crippen molar-refractivity contribution < 1.29 is 9.53 Å². The molecule has 0 atom stereocenters. The average molecular weight is 345 g/mol. The molecule has 1 N–H and O–H groups in total. The van der Waals surface area contributed by atoms with Gasteiger partial charge in [0.1, 0.15) is 10.8 Å². The Hall–Kier alpha value is -2.25. The first-order chi connectivity index (χ1) is 11.2. The summed E-state index contributed by atoms with van der Waals surface area (Å²) in [6.07, 6.45) is 0.988. The van der Waals surface area contributed by atoms with E-state index in [0.29, 0.717) is 18.0 Å². The smallest absolute Gasteiger partial charge is 0.231 e. The number of hydrogen-bond acceptors (Lipinski definition) is 6. The maximum absolute atomic E-state index is 12.0. The lowest BCUT2D eigenvalue weighted by Gasteiger charge is -2.05. The lowest BCUT2D eigenvalue weighted by Crippen LogP contribution is -2.13. The van der Waals surface area contributed by atoms with Crippen molar-refractivity contribution in [2.24, 2.45) is 0 Å². The van der Waals surface area contributed by atoms with Crippen LogP contribution in [0.3, 0.4) is 0 Å². The number of nitrogens with zero attached hydrogens (tertiary/aromatic N) is 2. The number of anilines is 1. The second-order valence-corrected chi connectivity index (χ2v) is 6.89. The number of amides is 1. The third kappa shape index (κ3) is 4.14. The Balaban J connectivity index is 1.62. The molecule has 0 bridgehead atoms. The van der Waals surface area contributed by atoms with E-state index < -0.39 is 0 Å². The summed E-state index contributed by atoms with van der Waals surface area (Å²) in [4.78, 5) is 13.0. The Labute approximate surface area is 142 Å². The Morgan fingerprint density at radius 2 is 2.09 bits per heavy atom. The SMILES string of the molecule is COc1ccccc1Cc1nnc(NC(=O)Cc2cccs2)s1. The Bertz CT molecular complexity index is 784. The first kappa shape index (κ1) is 15.6. The predicted octanol–water partition coefficient (Wildman–Crippen LogP) is 3.38. The molecule has 1 amide bonds. The van der Waals surface area contributed by atoms with Crippen LogP contribution in [-0.2, 0) is 17.6 Å². The van der Waals surface area contributed by atoms with Crippen LogP contribution in [0.15, 0.2) is 41.8 Å². The summed E-state index contributed by atoms with van der Waals surface area (Å²) in [6.45, 7) is 0. The van der Waals surface area contributed by atoms with Crippen molar-refractivity contribution in [2.45, 2.75) is 12.8 Å². The first-order valence-corrected chi connectivity index (χ1v) is 8.70. The number of carbonyl (C=O) groups is 1. The molecule has 2 heterocycles. The van der Waals surface area contributed by atoms with Crippen LogP contribution in [0.4, 0.5) is 5.13 Å². The number of hydrogen-bond donors (Lipinski definition) is 1. The summed E-state index contributed by atoms with van der Waals surface area (Å²) in [5.41, 5.74) is 1.04. The molecule has 0 fully saturated rings. The highest BCUT2D eigenvalue weighted by Gasteiger charge is 2.11. The van der Waals surface area contributed by atoms with Crippen LogP contribution in [0.2, 0.25) is 0 Å². The van der Waals surface area contributed by atoms with Gasteiger partial charge in [-0.05, 0) is 17.5 Å². The summed E-state index contributed by atoms with van der Waals surface area (Å²) in [6, 6.07) is 11.7. The highest BCUT2D eigenvalue weighted by molar-refractivity contribution is 7.15. The van der Waals surface area contributed by atoms with E-state index in [0.717, 1.165) is 21.2 Å². The van der Waals surface area contributed by atoms with Gasteiger partial charge in [0.05, 0.1) is 13.5 Å². The van der Waals surface area contributed by atoms with Crippen molar-refractivity contribution in [1.29, 1.82) is 0 Å².